The van der Waals surface area contributed by atoms with Crippen molar-refractivity contribution in [2.75, 3.05) is 0 Å². The summed E-state index contributed by atoms with van der Waals surface area (Å²) in [4.78, 5) is 0. The lowest BCUT2D eigenvalue weighted by molar-refractivity contribution is 0.422. The van der Waals surface area contributed by atoms with Gasteiger partial charge in [-0.25, -0.2) is 0 Å². The Morgan fingerprint density at radius 2 is 2.20 bits per heavy atom. The number of fused-ring (bicyclic) bond motifs is 1. The Morgan fingerprint density at radius 3 is 2.87 bits per heavy atom. The first kappa shape index (κ1) is 11.0. The van der Waals surface area contributed by atoms with Gasteiger partial charge in [0.15, 0.2) is 0 Å². The summed E-state index contributed by atoms with van der Waals surface area (Å²) in [5, 5.41) is 0.849. The smallest absolute Gasteiger partial charge is 0.0408 e. The van der Waals surface area contributed by atoms with Crippen LogP contribution in [0.3, 0.4) is 0 Å². The maximum absolute atomic E-state index is 6.08. The molecule has 0 amide bonds. The van der Waals surface area contributed by atoms with Gasteiger partial charge in [0.2, 0.25) is 0 Å². The molecule has 2 heteroatoms. The molecule has 0 aliphatic heterocycles. The molecule has 0 radical (unpaired) electrons. The Balaban J connectivity index is 2.22. The monoisotopic (exact) mass is 223 g/mol. The Morgan fingerprint density at radius 1 is 1.47 bits per heavy atom. The highest BCUT2D eigenvalue weighted by Crippen LogP contribution is 2.38. The molecular weight excluding hydrogens is 206 g/mol. The van der Waals surface area contributed by atoms with Crippen LogP contribution in [-0.4, -0.2) is 5.54 Å². The maximum Gasteiger partial charge on any atom is 0.0408 e. The molecule has 0 fully saturated rings. The van der Waals surface area contributed by atoms with Gasteiger partial charge in [-0.05, 0) is 62.3 Å². The third-order valence-corrected chi connectivity index (χ3v) is 3.31. The van der Waals surface area contributed by atoms with Crippen molar-refractivity contribution in [2.24, 2.45) is 5.73 Å². The van der Waals surface area contributed by atoms with Crippen molar-refractivity contribution >= 4 is 11.6 Å². The Bertz CT molecular complexity index is 365. The normalized spacial score (nSPS) is 20.4. The van der Waals surface area contributed by atoms with Crippen LogP contribution in [0.25, 0.3) is 0 Å². The van der Waals surface area contributed by atoms with Crippen LogP contribution >= 0.6 is 11.6 Å². The first-order chi connectivity index (χ1) is 6.96. The zero-order chi connectivity index (χ0) is 11.1. The number of halogens is 1. The molecule has 1 aliphatic carbocycles. The van der Waals surface area contributed by atoms with Gasteiger partial charge in [0.1, 0.15) is 0 Å². The summed E-state index contributed by atoms with van der Waals surface area (Å²) in [6, 6.07) is 6.25. The molecule has 15 heavy (non-hydrogen) atoms. The first-order valence-electron chi connectivity index (χ1n) is 5.53. The lowest BCUT2D eigenvalue weighted by atomic mass is 9.88. The van der Waals surface area contributed by atoms with Crippen LogP contribution in [0.4, 0.5) is 0 Å². The summed E-state index contributed by atoms with van der Waals surface area (Å²) in [7, 11) is 0. The fraction of sp³-hybridized carbons (Fsp3) is 0.538. The standard InChI is InChI=1S/C13H18ClN/c1-13(2,15)8-10-4-3-9-7-11(14)5-6-12(9)10/h5-7,10H,3-4,8,15H2,1-2H3. The highest BCUT2D eigenvalue weighted by Gasteiger charge is 2.26. The van der Waals surface area contributed by atoms with Crippen LogP contribution in [0.5, 0.6) is 0 Å². The Hall–Kier alpha value is -0.530. The average molecular weight is 224 g/mol. The van der Waals surface area contributed by atoms with E-state index in [1.54, 1.807) is 0 Å². The largest absolute Gasteiger partial charge is 0.326 e. The van der Waals surface area contributed by atoms with E-state index >= 15 is 0 Å². The zero-order valence-electron chi connectivity index (χ0n) is 9.39. The van der Waals surface area contributed by atoms with Crippen molar-refractivity contribution in [3.05, 3.63) is 34.3 Å². The zero-order valence-corrected chi connectivity index (χ0v) is 10.1. The molecule has 0 spiro atoms. The molecule has 0 heterocycles. The summed E-state index contributed by atoms with van der Waals surface area (Å²) in [6.45, 7) is 4.20. The minimum Gasteiger partial charge on any atom is -0.326 e. The topological polar surface area (TPSA) is 26.0 Å². The van der Waals surface area contributed by atoms with Crippen molar-refractivity contribution in [3.63, 3.8) is 0 Å². The highest BCUT2D eigenvalue weighted by atomic mass is 35.5. The summed E-state index contributed by atoms with van der Waals surface area (Å²) in [5.41, 5.74) is 8.87. The van der Waals surface area contributed by atoms with E-state index in [2.05, 4.69) is 26.0 Å². The SMILES string of the molecule is CC(C)(N)CC1CCc2cc(Cl)ccc21. The fourth-order valence-corrected chi connectivity index (χ4v) is 2.72. The van der Waals surface area contributed by atoms with E-state index in [0.717, 1.165) is 17.9 Å². The third-order valence-electron chi connectivity index (χ3n) is 3.08. The quantitative estimate of drug-likeness (QED) is 0.816. The van der Waals surface area contributed by atoms with Crippen LogP contribution in [0.15, 0.2) is 18.2 Å². The summed E-state index contributed by atoms with van der Waals surface area (Å²) in [5.74, 6) is 0.622. The van der Waals surface area contributed by atoms with Crippen LogP contribution in [0.2, 0.25) is 5.02 Å². The van der Waals surface area contributed by atoms with Gasteiger partial charge in [-0.15, -0.1) is 0 Å². The molecule has 2 rings (SSSR count). The fourth-order valence-electron chi connectivity index (χ4n) is 2.52. The van der Waals surface area contributed by atoms with Crippen LogP contribution in [0, 0.1) is 0 Å². The van der Waals surface area contributed by atoms with E-state index in [4.69, 9.17) is 17.3 Å². The van der Waals surface area contributed by atoms with E-state index < -0.39 is 0 Å². The van der Waals surface area contributed by atoms with Crippen LogP contribution in [-0.2, 0) is 6.42 Å². The van der Waals surface area contributed by atoms with Gasteiger partial charge in [-0.2, -0.15) is 0 Å². The molecule has 0 bridgehead atoms. The van der Waals surface area contributed by atoms with E-state index in [9.17, 15) is 0 Å². The second-order valence-electron chi connectivity index (χ2n) is 5.27. The predicted octanol–water partition coefficient (Wildman–Crippen LogP) is 3.50. The molecule has 0 saturated carbocycles. The first-order valence-corrected chi connectivity index (χ1v) is 5.91. The number of rotatable bonds is 2. The van der Waals surface area contributed by atoms with E-state index in [1.807, 2.05) is 6.07 Å². The summed E-state index contributed by atoms with van der Waals surface area (Å²) in [6.07, 6.45) is 3.43. The number of benzene rings is 1. The average Bonchev–Trinajstić information content (AvgIpc) is 2.45. The summed E-state index contributed by atoms with van der Waals surface area (Å²) >= 11 is 5.98. The third kappa shape index (κ3) is 2.53. The van der Waals surface area contributed by atoms with Gasteiger partial charge in [0.05, 0.1) is 0 Å². The van der Waals surface area contributed by atoms with Gasteiger partial charge >= 0.3 is 0 Å². The van der Waals surface area contributed by atoms with E-state index in [-0.39, 0.29) is 5.54 Å². The van der Waals surface area contributed by atoms with Gasteiger partial charge < -0.3 is 5.73 Å². The summed E-state index contributed by atoms with van der Waals surface area (Å²) < 4.78 is 0. The number of aryl methyl sites for hydroxylation is 1. The lowest BCUT2D eigenvalue weighted by Crippen LogP contribution is -2.33. The molecule has 0 aromatic heterocycles. The number of hydrogen-bond donors (Lipinski definition) is 1. The van der Waals surface area contributed by atoms with Gasteiger partial charge in [-0.1, -0.05) is 17.7 Å². The van der Waals surface area contributed by atoms with E-state index in [0.29, 0.717) is 5.92 Å². The van der Waals surface area contributed by atoms with Crippen molar-refractivity contribution in [2.45, 2.75) is 44.6 Å². The van der Waals surface area contributed by atoms with Gasteiger partial charge in [0.25, 0.3) is 0 Å². The molecule has 1 aromatic carbocycles. The van der Waals surface area contributed by atoms with Crippen molar-refractivity contribution in [3.8, 4) is 0 Å². The van der Waals surface area contributed by atoms with Gasteiger partial charge in [-0.3, -0.25) is 0 Å². The Kier molecular flexibility index (Phi) is 2.78. The molecule has 0 saturated heterocycles. The molecular formula is C13H18ClN. The lowest BCUT2D eigenvalue weighted by Gasteiger charge is -2.23. The maximum atomic E-state index is 6.08. The minimum atomic E-state index is -0.0775. The molecule has 1 atom stereocenters. The Labute approximate surface area is 96.6 Å². The van der Waals surface area contributed by atoms with Crippen molar-refractivity contribution in [1.29, 1.82) is 0 Å². The van der Waals surface area contributed by atoms with E-state index in [1.165, 1.54) is 17.5 Å². The molecule has 1 nitrogen and oxygen atoms in total. The molecule has 1 aliphatic rings. The molecule has 82 valence electrons. The minimum absolute atomic E-state index is 0.0775. The van der Waals surface area contributed by atoms with Crippen LogP contribution < -0.4 is 5.73 Å². The molecule has 1 aromatic rings. The number of hydrogen-bond acceptors (Lipinski definition) is 1. The second kappa shape index (κ2) is 3.80. The number of nitrogens with two attached hydrogens (primary N) is 1. The van der Waals surface area contributed by atoms with Crippen molar-refractivity contribution < 1.29 is 0 Å². The molecule has 2 N–H and O–H groups in total. The van der Waals surface area contributed by atoms with Crippen molar-refractivity contribution in [1.82, 2.24) is 0 Å². The predicted molar refractivity (Wildman–Crippen MR) is 65.4 cm³/mol. The molecule has 1 unspecified atom stereocenters. The highest BCUT2D eigenvalue weighted by molar-refractivity contribution is 6.30. The second-order valence-corrected chi connectivity index (χ2v) is 5.71. The van der Waals surface area contributed by atoms with Crippen LogP contribution in [0.1, 0.15) is 43.7 Å². The van der Waals surface area contributed by atoms with Gasteiger partial charge in [0, 0.05) is 10.6 Å².